The van der Waals surface area contributed by atoms with Crippen molar-refractivity contribution in [2.24, 2.45) is 0 Å². The summed E-state index contributed by atoms with van der Waals surface area (Å²) in [7, 11) is 0. The van der Waals surface area contributed by atoms with Crippen LogP contribution < -0.4 is 15.3 Å². The molecule has 0 aliphatic carbocycles. The Labute approximate surface area is 225 Å². The van der Waals surface area contributed by atoms with Crippen LogP contribution in [0.4, 0.5) is 22.9 Å². The van der Waals surface area contributed by atoms with Crippen LogP contribution in [0.3, 0.4) is 0 Å². The van der Waals surface area contributed by atoms with Gasteiger partial charge in [0.05, 0.1) is 0 Å². The molecule has 5 aromatic carbocycles. The van der Waals surface area contributed by atoms with Crippen LogP contribution in [0.25, 0.3) is 44.2 Å². The molecule has 0 N–H and O–H groups in total. The van der Waals surface area contributed by atoms with E-state index >= 15 is 0 Å². The van der Waals surface area contributed by atoms with Gasteiger partial charge >= 0.3 is 6.98 Å². The second kappa shape index (κ2) is 7.68. The zero-order chi connectivity index (χ0) is 25.5. The normalized spacial score (nSPS) is 13.5. The Bertz CT molecular complexity index is 2040. The van der Waals surface area contributed by atoms with Crippen molar-refractivity contribution in [3.63, 3.8) is 0 Å². The highest BCUT2D eigenvalue weighted by atomic mass is 16.4. The van der Waals surface area contributed by atoms with Crippen molar-refractivity contribution < 1.29 is 8.83 Å². The molecule has 39 heavy (non-hydrogen) atoms. The molecule has 0 atom stereocenters. The lowest BCUT2D eigenvalue weighted by atomic mass is 9.63. The van der Waals surface area contributed by atoms with E-state index in [4.69, 9.17) is 8.83 Å². The minimum absolute atomic E-state index is 0.219. The molecule has 0 spiro atoms. The maximum atomic E-state index is 6.69. The SMILES string of the molecule is c1ccc(-c2ccc(N3B4c5oc6ccccc6c5-c5ccccc5N4c4oc5ccccc5c43)cc2)cc1. The molecular weight excluding hydrogens is 479 g/mol. The van der Waals surface area contributed by atoms with E-state index in [0.717, 1.165) is 61.7 Å². The fourth-order valence-corrected chi connectivity index (χ4v) is 6.37. The highest BCUT2D eigenvalue weighted by molar-refractivity contribution is 6.86. The molecule has 4 nitrogen and oxygen atoms in total. The molecule has 0 fully saturated rings. The van der Waals surface area contributed by atoms with Crippen LogP contribution in [0.15, 0.2) is 136 Å². The van der Waals surface area contributed by atoms with Crippen molar-refractivity contribution in [3.05, 3.63) is 127 Å². The third-order valence-corrected chi connectivity index (χ3v) is 8.04. The van der Waals surface area contributed by atoms with Crippen molar-refractivity contribution in [2.45, 2.75) is 0 Å². The molecule has 2 aliphatic rings. The number of benzene rings is 5. The summed E-state index contributed by atoms with van der Waals surface area (Å²) in [4.78, 5) is 4.69. The summed E-state index contributed by atoms with van der Waals surface area (Å²) < 4.78 is 13.3. The first-order valence-corrected chi connectivity index (χ1v) is 13.2. The molecule has 0 amide bonds. The first kappa shape index (κ1) is 20.9. The van der Waals surface area contributed by atoms with Gasteiger partial charge in [0, 0.05) is 33.3 Å². The number of anilines is 4. The van der Waals surface area contributed by atoms with Crippen LogP contribution in [0.5, 0.6) is 0 Å². The van der Waals surface area contributed by atoms with Gasteiger partial charge in [0.15, 0.2) is 0 Å². The van der Waals surface area contributed by atoms with E-state index in [2.05, 4.69) is 113 Å². The quantitative estimate of drug-likeness (QED) is 0.223. The zero-order valence-electron chi connectivity index (χ0n) is 20.9. The summed E-state index contributed by atoms with van der Waals surface area (Å²) in [6.45, 7) is -0.219. The van der Waals surface area contributed by atoms with Crippen LogP contribution in [-0.2, 0) is 0 Å². The maximum Gasteiger partial charge on any atom is 0.462 e. The smallest absolute Gasteiger partial charge is 0.462 e. The summed E-state index contributed by atoms with van der Waals surface area (Å²) in [6, 6.07) is 44.5. The molecular formula is C34H21BN2O2. The molecule has 7 aromatic rings. The molecule has 4 heterocycles. The van der Waals surface area contributed by atoms with E-state index < -0.39 is 0 Å². The van der Waals surface area contributed by atoms with Crippen molar-refractivity contribution >= 4 is 57.5 Å². The number of furan rings is 2. The van der Waals surface area contributed by atoms with Crippen LogP contribution in [-0.4, -0.2) is 6.98 Å². The third-order valence-electron chi connectivity index (χ3n) is 8.04. The van der Waals surface area contributed by atoms with Gasteiger partial charge in [0.1, 0.15) is 22.5 Å². The predicted octanol–water partition coefficient (Wildman–Crippen LogP) is 8.51. The fourth-order valence-electron chi connectivity index (χ4n) is 6.37. The largest absolute Gasteiger partial charge is 0.465 e. The first-order valence-electron chi connectivity index (χ1n) is 13.2. The van der Waals surface area contributed by atoms with E-state index in [-0.39, 0.29) is 6.98 Å². The third kappa shape index (κ3) is 2.79. The van der Waals surface area contributed by atoms with Crippen LogP contribution in [0.2, 0.25) is 0 Å². The number of rotatable bonds is 2. The van der Waals surface area contributed by atoms with E-state index in [0.29, 0.717) is 0 Å². The van der Waals surface area contributed by atoms with Crippen molar-refractivity contribution in [3.8, 4) is 22.3 Å². The number of para-hydroxylation sites is 3. The Morgan fingerprint density at radius 1 is 0.513 bits per heavy atom. The molecule has 0 radical (unpaired) electrons. The van der Waals surface area contributed by atoms with Crippen LogP contribution >= 0.6 is 0 Å². The molecule has 5 heteroatoms. The van der Waals surface area contributed by atoms with Gasteiger partial charge < -0.3 is 18.5 Å². The lowest BCUT2D eigenvalue weighted by molar-refractivity contribution is 0.625. The molecule has 182 valence electrons. The van der Waals surface area contributed by atoms with Gasteiger partial charge in [-0.25, -0.2) is 0 Å². The number of hydrogen-bond acceptors (Lipinski definition) is 4. The Hall–Kier alpha value is -5.16. The summed E-state index contributed by atoms with van der Waals surface area (Å²) in [5, 5.41) is 2.22. The Kier molecular flexibility index (Phi) is 4.11. The second-order valence-corrected chi connectivity index (χ2v) is 10.1. The maximum absolute atomic E-state index is 6.69. The molecule has 2 aromatic heterocycles. The van der Waals surface area contributed by atoms with Crippen molar-refractivity contribution in [2.75, 3.05) is 9.62 Å². The van der Waals surface area contributed by atoms with Crippen LogP contribution in [0, 0.1) is 0 Å². The van der Waals surface area contributed by atoms with E-state index in [1.165, 1.54) is 11.1 Å². The molecule has 0 bridgehead atoms. The molecule has 2 aliphatic heterocycles. The minimum atomic E-state index is -0.219. The van der Waals surface area contributed by atoms with Crippen molar-refractivity contribution in [1.82, 2.24) is 0 Å². The minimum Gasteiger partial charge on any atom is -0.465 e. The summed E-state index contributed by atoms with van der Waals surface area (Å²) in [5.74, 6) is 0.840. The lowest BCUT2D eigenvalue weighted by Crippen LogP contribution is -2.55. The fraction of sp³-hybridized carbons (Fsp3) is 0. The van der Waals surface area contributed by atoms with E-state index in [9.17, 15) is 0 Å². The van der Waals surface area contributed by atoms with Crippen LogP contribution in [0.1, 0.15) is 0 Å². The first-order chi connectivity index (χ1) is 19.4. The summed E-state index contributed by atoms with van der Waals surface area (Å²) in [5.41, 5.74) is 10.7. The lowest BCUT2D eigenvalue weighted by Gasteiger charge is -2.33. The Morgan fingerprint density at radius 2 is 1.15 bits per heavy atom. The zero-order valence-corrected chi connectivity index (χ0v) is 20.9. The standard InChI is InChI=1S/C34H21BN2O2/c1-2-10-22(11-3-1)23-18-20-24(21-19-23)36-32-27-14-6-9-17-30(27)39-34(32)37-28-15-7-4-12-25(28)31-26-13-5-8-16-29(26)38-33(31)35(36)37/h1-21H. The number of hydrogen-bond donors (Lipinski definition) is 0. The van der Waals surface area contributed by atoms with Gasteiger partial charge in [0.25, 0.3) is 0 Å². The van der Waals surface area contributed by atoms with Gasteiger partial charge in [-0.1, -0.05) is 91.0 Å². The second-order valence-electron chi connectivity index (χ2n) is 10.1. The number of nitrogens with zero attached hydrogens (tertiary/aromatic N) is 2. The monoisotopic (exact) mass is 500 g/mol. The van der Waals surface area contributed by atoms with Gasteiger partial charge in [-0.3, -0.25) is 0 Å². The average molecular weight is 500 g/mol. The van der Waals surface area contributed by atoms with Gasteiger partial charge in [-0.15, -0.1) is 0 Å². The Morgan fingerprint density at radius 3 is 1.97 bits per heavy atom. The molecule has 9 rings (SSSR count). The highest BCUT2D eigenvalue weighted by Gasteiger charge is 2.53. The Balaban J connectivity index is 1.33. The molecule has 0 saturated carbocycles. The molecule has 0 unspecified atom stereocenters. The van der Waals surface area contributed by atoms with E-state index in [1.807, 2.05) is 24.3 Å². The van der Waals surface area contributed by atoms with E-state index in [1.54, 1.807) is 0 Å². The summed E-state index contributed by atoms with van der Waals surface area (Å²) >= 11 is 0. The average Bonchev–Trinajstić information content (AvgIpc) is 3.67. The van der Waals surface area contributed by atoms with Gasteiger partial charge in [0.2, 0.25) is 5.88 Å². The van der Waals surface area contributed by atoms with Crippen molar-refractivity contribution in [1.29, 1.82) is 0 Å². The summed E-state index contributed by atoms with van der Waals surface area (Å²) in [6.07, 6.45) is 0. The van der Waals surface area contributed by atoms with Gasteiger partial charge in [-0.2, -0.15) is 0 Å². The number of fused-ring (bicyclic) bond motifs is 12. The highest BCUT2D eigenvalue weighted by Crippen LogP contribution is 2.55. The topological polar surface area (TPSA) is 32.8 Å². The predicted molar refractivity (Wildman–Crippen MR) is 159 cm³/mol. The molecule has 0 saturated heterocycles. The van der Waals surface area contributed by atoms with Gasteiger partial charge in [-0.05, 0) is 47.5 Å².